The average Bonchev–Trinajstić information content (AvgIpc) is 3.26. The molecule has 0 bridgehead atoms. The van der Waals surface area contributed by atoms with E-state index >= 15 is 0 Å². The number of carbonyl (C=O) groups excluding carboxylic acids is 1. The normalized spacial score (nSPS) is 12.1. The number of nitrogens with zero attached hydrogens (tertiary/aromatic N) is 4. The Labute approximate surface area is 134 Å². The lowest BCUT2D eigenvalue weighted by Crippen LogP contribution is -2.32. The van der Waals surface area contributed by atoms with Crippen LogP contribution in [-0.2, 0) is 0 Å². The van der Waals surface area contributed by atoms with Crippen LogP contribution >= 0.6 is 0 Å². The van der Waals surface area contributed by atoms with E-state index in [1.807, 2.05) is 0 Å². The lowest BCUT2D eigenvalue weighted by atomic mass is 10.3. The molecule has 1 aromatic carbocycles. The third-order valence-electron chi connectivity index (χ3n) is 3.23. The Kier molecular flexibility index (Phi) is 4.29. The van der Waals surface area contributed by atoms with Crippen LogP contribution in [0.25, 0.3) is 5.69 Å². The van der Waals surface area contributed by atoms with Gasteiger partial charge in [-0.25, -0.2) is 18.4 Å². The molecule has 0 fully saturated rings. The molecule has 24 heavy (non-hydrogen) atoms. The maximum Gasteiger partial charge on any atom is 0.272 e. The summed E-state index contributed by atoms with van der Waals surface area (Å²) in [4.78, 5) is 16.0. The fourth-order valence-electron chi connectivity index (χ4n) is 2.06. The number of amides is 1. The minimum absolute atomic E-state index is 0.0309. The molecular formula is C14H12F2N6O2. The number of carbonyl (C=O) groups is 1. The summed E-state index contributed by atoms with van der Waals surface area (Å²) in [6.45, 7) is -0.403. The van der Waals surface area contributed by atoms with Crippen LogP contribution in [0.3, 0.4) is 0 Å². The highest BCUT2D eigenvalue weighted by atomic mass is 19.1. The molecule has 3 rings (SSSR count). The molecule has 0 spiro atoms. The number of halogens is 2. The van der Waals surface area contributed by atoms with Crippen LogP contribution in [0.2, 0.25) is 0 Å². The van der Waals surface area contributed by atoms with Gasteiger partial charge in [0.15, 0.2) is 5.69 Å². The number of rotatable bonds is 5. The van der Waals surface area contributed by atoms with Crippen LogP contribution in [0.5, 0.6) is 0 Å². The zero-order valence-electron chi connectivity index (χ0n) is 12.1. The maximum absolute atomic E-state index is 13.7. The Hall–Kier alpha value is -3.14. The smallest absolute Gasteiger partial charge is 0.272 e. The van der Waals surface area contributed by atoms with Crippen molar-refractivity contribution in [2.24, 2.45) is 0 Å². The number of aliphatic hydroxyl groups excluding tert-OH is 1. The third-order valence-corrected chi connectivity index (χ3v) is 3.23. The van der Waals surface area contributed by atoms with E-state index in [9.17, 15) is 18.7 Å². The van der Waals surface area contributed by atoms with Gasteiger partial charge in [0.05, 0.1) is 6.61 Å². The van der Waals surface area contributed by atoms with Crippen LogP contribution in [0.4, 0.5) is 8.78 Å². The van der Waals surface area contributed by atoms with Crippen LogP contribution in [0, 0.1) is 11.6 Å². The van der Waals surface area contributed by atoms with Crippen LogP contribution in [0.1, 0.15) is 22.4 Å². The number of nitrogens with one attached hydrogen (secondary N) is 2. The second kappa shape index (κ2) is 6.54. The van der Waals surface area contributed by atoms with E-state index in [2.05, 4.69) is 25.6 Å². The lowest BCUT2D eigenvalue weighted by molar-refractivity contribution is 0.0907. The predicted octanol–water partition coefficient (Wildman–Crippen LogP) is 0.732. The van der Waals surface area contributed by atoms with Gasteiger partial charge in [-0.15, -0.1) is 0 Å². The zero-order valence-corrected chi connectivity index (χ0v) is 12.1. The SMILES string of the molecule is O=C(N[C@H](CO)c1ncn[nH]1)c1ccn(-c2cc(F)ccc2F)n1. The van der Waals surface area contributed by atoms with Gasteiger partial charge in [-0.1, -0.05) is 0 Å². The molecule has 0 saturated heterocycles. The minimum atomic E-state index is -0.795. The van der Waals surface area contributed by atoms with Gasteiger partial charge in [0.1, 0.15) is 35.5 Å². The van der Waals surface area contributed by atoms with Gasteiger partial charge in [0.2, 0.25) is 0 Å². The summed E-state index contributed by atoms with van der Waals surface area (Å²) in [7, 11) is 0. The van der Waals surface area contributed by atoms with Crippen LogP contribution in [0.15, 0.2) is 36.8 Å². The molecule has 0 unspecified atom stereocenters. The van der Waals surface area contributed by atoms with Crippen molar-refractivity contribution in [2.75, 3.05) is 6.61 Å². The summed E-state index contributed by atoms with van der Waals surface area (Å²) in [6, 6.07) is 3.47. The highest BCUT2D eigenvalue weighted by Crippen LogP contribution is 2.15. The fraction of sp³-hybridized carbons (Fsp3) is 0.143. The quantitative estimate of drug-likeness (QED) is 0.637. The van der Waals surface area contributed by atoms with Crippen molar-refractivity contribution in [3.05, 3.63) is 59.9 Å². The molecule has 2 aromatic heterocycles. The highest BCUT2D eigenvalue weighted by molar-refractivity contribution is 5.92. The number of hydrogen-bond acceptors (Lipinski definition) is 5. The topological polar surface area (TPSA) is 109 Å². The molecule has 1 atom stereocenters. The monoisotopic (exact) mass is 334 g/mol. The average molecular weight is 334 g/mol. The van der Waals surface area contributed by atoms with Crippen molar-refractivity contribution in [3.63, 3.8) is 0 Å². The molecule has 124 valence electrons. The van der Waals surface area contributed by atoms with Gasteiger partial charge < -0.3 is 10.4 Å². The van der Waals surface area contributed by atoms with Gasteiger partial charge in [0.25, 0.3) is 5.91 Å². The first-order valence-corrected chi connectivity index (χ1v) is 6.86. The second-order valence-electron chi connectivity index (χ2n) is 4.82. The maximum atomic E-state index is 13.7. The van der Waals surface area contributed by atoms with Crippen molar-refractivity contribution in [3.8, 4) is 5.69 Å². The number of benzene rings is 1. The van der Waals surface area contributed by atoms with Gasteiger partial charge in [0, 0.05) is 12.3 Å². The summed E-state index contributed by atoms with van der Waals surface area (Å²) < 4.78 is 28.0. The van der Waals surface area contributed by atoms with Gasteiger partial charge in [-0.2, -0.15) is 10.2 Å². The molecular weight excluding hydrogens is 322 g/mol. The van der Waals surface area contributed by atoms with Crippen LogP contribution in [-0.4, -0.2) is 42.6 Å². The van der Waals surface area contributed by atoms with Crippen molar-refractivity contribution in [2.45, 2.75) is 6.04 Å². The van der Waals surface area contributed by atoms with Gasteiger partial charge >= 0.3 is 0 Å². The highest BCUT2D eigenvalue weighted by Gasteiger charge is 2.19. The Morgan fingerprint density at radius 3 is 2.92 bits per heavy atom. The number of H-pyrrole nitrogens is 1. The molecule has 2 heterocycles. The predicted molar refractivity (Wildman–Crippen MR) is 77.2 cm³/mol. The van der Waals surface area contributed by atoms with Crippen LogP contribution < -0.4 is 5.32 Å². The van der Waals surface area contributed by atoms with Crippen molar-refractivity contribution < 1.29 is 18.7 Å². The molecule has 3 N–H and O–H groups in total. The van der Waals surface area contributed by atoms with E-state index in [4.69, 9.17) is 0 Å². The first-order valence-electron chi connectivity index (χ1n) is 6.86. The number of aromatic amines is 1. The molecule has 0 aliphatic carbocycles. The van der Waals surface area contributed by atoms with Crippen molar-refractivity contribution >= 4 is 5.91 Å². The molecule has 10 heteroatoms. The number of aliphatic hydroxyl groups is 1. The largest absolute Gasteiger partial charge is 0.394 e. The molecule has 0 radical (unpaired) electrons. The Morgan fingerprint density at radius 1 is 1.38 bits per heavy atom. The second-order valence-corrected chi connectivity index (χ2v) is 4.82. The molecule has 0 aliphatic heterocycles. The minimum Gasteiger partial charge on any atom is -0.394 e. The van der Waals surface area contributed by atoms with Crippen molar-refractivity contribution in [1.82, 2.24) is 30.3 Å². The summed E-state index contributed by atoms with van der Waals surface area (Å²) in [6.07, 6.45) is 2.57. The van der Waals surface area contributed by atoms with E-state index in [0.717, 1.165) is 22.9 Å². The van der Waals surface area contributed by atoms with Crippen molar-refractivity contribution in [1.29, 1.82) is 0 Å². The molecule has 8 nitrogen and oxygen atoms in total. The summed E-state index contributed by atoms with van der Waals surface area (Å²) in [5.41, 5.74) is -0.153. The van der Waals surface area contributed by atoms with E-state index in [1.165, 1.54) is 18.6 Å². The summed E-state index contributed by atoms with van der Waals surface area (Å²) >= 11 is 0. The van der Waals surface area contributed by atoms with Gasteiger partial charge in [-0.3, -0.25) is 9.89 Å². The lowest BCUT2D eigenvalue weighted by Gasteiger charge is -2.12. The first kappa shape index (κ1) is 15.7. The third kappa shape index (κ3) is 3.13. The number of hydrogen-bond donors (Lipinski definition) is 3. The Balaban J connectivity index is 1.80. The fourth-order valence-corrected chi connectivity index (χ4v) is 2.06. The summed E-state index contributed by atoms with van der Waals surface area (Å²) in [5, 5.41) is 21.9. The molecule has 0 saturated carbocycles. The summed E-state index contributed by atoms with van der Waals surface area (Å²) in [5.74, 6) is -1.64. The van der Waals surface area contributed by atoms with E-state index in [1.54, 1.807) is 0 Å². The van der Waals surface area contributed by atoms with Gasteiger partial charge in [-0.05, 0) is 18.2 Å². The zero-order chi connectivity index (χ0) is 17.1. The Morgan fingerprint density at radius 2 is 2.21 bits per heavy atom. The van der Waals surface area contributed by atoms with E-state index < -0.39 is 30.2 Å². The molecule has 0 aliphatic rings. The first-order chi connectivity index (χ1) is 11.6. The number of aromatic nitrogens is 5. The van der Waals surface area contributed by atoms with E-state index in [0.29, 0.717) is 0 Å². The standard InChI is InChI=1S/C14H12F2N6O2/c15-8-1-2-9(16)12(5-8)22-4-3-10(21-22)14(24)19-11(6-23)13-17-7-18-20-13/h1-5,7,11,23H,6H2,(H,19,24)(H,17,18,20)/t11-/m1/s1. The molecule has 1 amide bonds. The molecule has 3 aromatic rings. The Bertz CT molecular complexity index is 849. The van der Waals surface area contributed by atoms with E-state index in [-0.39, 0.29) is 17.2 Å².